The van der Waals surface area contributed by atoms with Gasteiger partial charge in [-0.2, -0.15) is 0 Å². The van der Waals surface area contributed by atoms with Crippen molar-refractivity contribution in [3.05, 3.63) is 54.1 Å². The minimum absolute atomic E-state index is 0.500. The summed E-state index contributed by atoms with van der Waals surface area (Å²) in [6.45, 7) is 3.56. The Morgan fingerprint density at radius 3 is 2.43 bits per heavy atom. The first-order valence-corrected chi connectivity index (χ1v) is 7.32. The molecule has 1 aromatic heterocycles. The maximum atomic E-state index is 13.2. The number of rotatable bonds is 4. The van der Waals surface area contributed by atoms with E-state index in [4.69, 9.17) is 0 Å². The van der Waals surface area contributed by atoms with E-state index in [1.54, 1.807) is 6.20 Å². The third-order valence-corrected chi connectivity index (χ3v) is 4.06. The summed E-state index contributed by atoms with van der Waals surface area (Å²) >= 11 is 0. The smallest absolute Gasteiger partial charge is 0.126 e. The lowest BCUT2D eigenvalue weighted by Gasteiger charge is -2.32. The zero-order valence-corrected chi connectivity index (χ0v) is 11.9. The predicted molar refractivity (Wildman–Crippen MR) is 76.6 cm³/mol. The van der Waals surface area contributed by atoms with E-state index in [-0.39, 0.29) is 0 Å². The normalized spacial score (nSPS) is 17.2. The molecule has 0 unspecified atom stereocenters. The molecular weight excluding hydrogens is 272 g/mol. The van der Waals surface area contributed by atoms with Crippen molar-refractivity contribution in [1.29, 1.82) is 0 Å². The molecule has 3 nitrogen and oxygen atoms in total. The number of benzene rings is 1. The molecule has 0 amide bonds. The molecule has 0 spiro atoms. The van der Waals surface area contributed by atoms with Gasteiger partial charge in [0, 0.05) is 31.5 Å². The highest BCUT2D eigenvalue weighted by Gasteiger charge is 2.19. The van der Waals surface area contributed by atoms with Gasteiger partial charge in [0.1, 0.15) is 11.6 Å². The van der Waals surface area contributed by atoms with Crippen molar-refractivity contribution in [2.24, 2.45) is 5.92 Å². The van der Waals surface area contributed by atoms with Crippen LogP contribution in [0.2, 0.25) is 0 Å². The van der Waals surface area contributed by atoms with Crippen molar-refractivity contribution >= 4 is 0 Å². The van der Waals surface area contributed by atoms with Crippen LogP contribution in [-0.4, -0.2) is 27.5 Å². The molecular formula is C16H19F2N3. The Morgan fingerprint density at radius 1 is 1.10 bits per heavy atom. The SMILES string of the molecule is Fc1cc(F)cc(CN2CCC(Cn3ccnc3)CC2)c1. The van der Waals surface area contributed by atoms with E-state index in [1.807, 2.05) is 12.5 Å². The van der Waals surface area contributed by atoms with Crippen molar-refractivity contribution in [3.63, 3.8) is 0 Å². The van der Waals surface area contributed by atoms with E-state index in [2.05, 4.69) is 14.5 Å². The van der Waals surface area contributed by atoms with Crippen LogP contribution in [0.1, 0.15) is 18.4 Å². The molecule has 0 atom stereocenters. The second-order valence-corrected chi connectivity index (χ2v) is 5.76. The van der Waals surface area contributed by atoms with Crippen molar-refractivity contribution in [3.8, 4) is 0 Å². The molecule has 2 heterocycles. The summed E-state index contributed by atoms with van der Waals surface area (Å²) in [4.78, 5) is 6.32. The lowest BCUT2D eigenvalue weighted by atomic mass is 9.96. The lowest BCUT2D eigenvalue weighted by Crippen LogP contribution is -2.34. The van der Waals surface area contributed by atoms with Gasteiger partial charge in [-0.1, -0.05) is 0 Å². The minimum Gasteiger partial charge on any atom is -0.337 e. The van der Waals surface area contributed by atoms with Gasteiger partial charge in [0.25, 0.3) is 0 Å². The standard InChI is InChI=1S/C16H19F2N3/c17-15-7-14(8-16(18)9-15)11-20-4-1-13(2-5-20)10-21-6-3-19-12-21/h3,6-9,12-13H,1-2,4-5,10-11H2. The molecule has 5 heteroatoms. The van der Waals surface area contributed by atoms with Crippen LogP contribution in [0, 0.1) is 17.6 Å². The first-order valence-electron chi connectivity index (χ1n) is 7.32. The van der Waals surface area contributed by atoms with Crippen LogP contribution in [0.15, 0.2) is 36.9 Å². The number of hydrogen-bond acceptors (Lipinski definition) is 2. The third-order valence-electron chi connectivity index (χ3n) is 4.06. The zero-order valence-electron chi connectivity index (χ0n) is 11.9. The second-order valence-electron chi connectivity index (χ2n) is 5.76. The van der Waals surface area contributed by atoms with Gasteiger partial charge < -0.3 is 4.57 Å². The summed E-state index contributed by atoms with van der Waals surface area (Å²) in [7, 11) is 0. The van der Waals surface area contributed by atoms with Crippen LogP contribution in [0.4, 0.5) is 8.78 Å². The van der Waals surface area contributed by atoms with E-state index >= 15 is 0 Å². The summed E-state index contributed by atoms with van der Waals surface area (Å²) in [6.07, 6.45) is 7.85. The number of aromatic nitrogens is 2. The number of hydrogen-bond donors (Lipinski definition) is 0. The van der Waals surface area contributed by atoms with Gasteiger partial charge in [-0.25, -0.2) is 13.8 Å². The fraction of sp³-hybridized carbons (Fsp3) is 0.438. The first kappa shape index (κ1) is 14.2. The van der Waals surface area contributed by atoms with Gasteiger partial charge in [-0.15, -0.1) is 0 Å². The van der Waals surface area contributed by atoms with Gasteiger partial charge in [-0.05, 0) is 49.5 Å². The fourth-order valence-electron chi connectivity index (χ4n) is 2.98. The summed E-state index contributed by atoms with van der Waals surface area (Å²) in [6, 6.07) is 3.75. The Balaban J connectivity index is 1.51. The minimum atomic E-state index is -0.500. The van der Waals surface area contributed by atoms with Crippen LogP contribution in [0.5, 0.6) is 0 Å². The largest absolute Gasteiger partial charge is 0.337 e. The molecule has 1 aliphatic heterocycles. The molecule has 0 N–H and O–H groups in total. The molecule has 0 bridgehead atoms. The van der Waals surface area contributed by atoms with Crippen LogP contribution in [-0.2, 0) is 13.1 Å². The summed E-state index contributed by atoms with van der Waals surface area (Å²) in [5.41, 5.74) is 0.709. The Bertz CT molecular complexity index is 555. The lowest BCUT2D eigenvalue weighted by molar-refractivity contribution is 0.167. The third kappa shape index (κ3) is 3.88. The number of halogens is 2. The fourth-order valence-corrected chi connectivity index (χ4v) is 2.98. The molecule has 3 rings (SSSR count). The monoisotopic (exact) mass is 291 g/mol. The topological polar surface area (TPSA) is 21.1 Å². The average molecular weight is 291 g/mol. The van der Waals surface area contributed by atoms with Crippen molar-refractivity contribution in [1.82, 2.24) is 14.5 Å². The number of likely N-dealkylation sites (tertiary alicyclic amines) is 1. The van der Waals surface area contributed by atoms with E-state index in [0.29, 0.717) is 18.0 Å². The van der Waals surface area contributed by atoms with E-state index in [9.17, 15) is 8.78 Å². The molecule has 0 aliphatic carbocycles. The van der Waals surface area contributed by atoms with E-state index in [0.717, 1.165) is 38.5 Å². The summed E-state index contributed by atoms with van der Waals surface area (Å²) < 4.78 is 28.5. The average Bonchev–Trinajstić information content (AvgIpc) is 2.93. The van der Waals surface area contributed by atoms with Crippen molar-refractivity contribution < 1.29 is 8.78 Å². The van der Waals surface area contributed by atoms with Gasteiger partial charge in [-0.3, -0.25) is 4.90 Å². The summed E-state index contributed by atoms with van der Waals surface area (Å²) in [5, 5.41) is 0. The molecule has 1 aliphatic rings. The van der Waals surface area contributed by atoms with Gasteiger partial charge in [0.15, 0.2) is 0 Å². The molecule has 1 aromatic carbocycles. The van der Waals surface area contributed by atoms with Gasteiger partial charge in [0.05, 0.1) is 6.33 Å². The van der Waals surface area contributed by atoms with Crippen LogP contribution in [0.25, 0.3) is 0 Å². The summed E-state index contributed by atoms with van der Waals surface area (Å²) in [5.74, 6) is -0.348. The molecule has 21 heavy (non-hydrogen) atoms. The van der Waals surface area contributed by atoms with Crippen LogP contribution < -0.4 is 0 Å². The van der Waals surface area contributed by atoms with E-state index in [1.165, 1.54) is 12.1 Å². The van der Waals surface area contributed by atoms with Crippen molar-refractivity contribution in [2.45, 2.75) is 25.9 Å². The molecule has 2 aromatic rings. The molecule has 1 saturated heterocycles. The highest BCUT2D eigenvalue weighted by Crippen LogP contribution is 2.21. The van der Waals surface area contributed by atoms with Crippen molar-refractivity contribution in [2.75, 3.05) is 13.1 Å². The van der Waals surface area contributed by atoms with E-state index < -0.39 is 11.6 Å². The maximum Gasteiger partial charge on any atom is 0.126 e. The quantitative estimate of drug-likeness (QED) is 0.863. The first-order chi connectivity index (χ1) is 10.2. The maximum absolute atomic E-state index is 13.2. The van der Waals surface area contributed by atoms with Gasteiger partial charge in [0.2, 0.25) is 0 Å². The second kappa shape index (κ2) is 6.35. The number of piperidine rings is 1. The number of nitrogens with zero attached hydrogens (tertiary/aromatic N) is 3. The Kier molecular flexibility index (Phi) is 4.29. The van der Waals surface area contributed by atoms with Crippen LogP contribution >= 0.6 is 0 Å². The molecule has 112 valence electrons. The highest BCUT2D eigenvalue weighted by molar-refractivity contribution is 5.17. The molecule has 1 fully saturated rings. The zero-order chi connectivity index (χ0) is 14.7. The molecule has 0 saturated carbocycles. The Hall–Kier alpha value is -1.75. The Morgan fingerprint density at radius 2 is 1.81 bits per heavy atom. The Labute approximate surface area is 123 Å². The highest BCUT2D eigenvalue weighted by atomic mass is 19.1. The van der Waals surface area contributed by atoms with Gasteiger partial charge >= 0.3 is 0 Å². The van der Waals surface area contributed by atoms with Crippen LogP contribution in [0.3, 0.4) is 0 Å². The predicted octanol–water partition coefficient (Wildman–Crippen LogP) is 3.07. The molecule has 0 radical (unpaired) electrons. The number of imidazole rings is 1.